The molecule has 0 N–H and O–H groups in total. The van der Waals surface area contributed by atoms with Crippen molar-refractivity contribution in [1.82, 2.24) is 4.98 Å². The highest BCUT2D eigenvalue weighted by Crippen LogP contribution is 2.34. The van der Waals surface area contributed by atoms with E-state index in [1.807, 2.05) is 72.8 Å². The first-order valence-electron chi connectivity index (χ1n) is 8.95. The van der Waals surface area contributed by atoms with Crippen molar-refractivity contribution in [2.45, 2.75) is 6.42 Å². The molecule has 0 aliphatic carbocycles. The average molecular weight is 392 g/mol. The number of benzene rings is 3. The molecule has 0 saturated carbocycles. The Morgan fingerprint density at radius 1 is 0.857 bits per heavy atom. The van der Waals surface area contributed by atoms with Gasteiger partial charge < -0.3 is 9.29 Å². The van der Waals surface area contributed by atoms with E-state index < -0.39 is 15.9 Å². The third kappa shape index (κ3) is 3.98. The number of para-hydroxylation sites is 1. The van der Waals surface area contributed by atoms with Crippen molar-refractivity contribution in [3.8, 4) is 17.0 Å². The number of ether oxygens (including phenoxy) is 1. The molecule has 0 bridgehead atoms. The van der Waals surface area contributed by atoms with Crippen LogP contribution in [0.5, 0.6) is 5.75 Å². The van der Waals surface area contributed by atoms with Crippen LogP contribution in [-0.4, -0.2) is 30.3 Å². The van der Waals surface area contributed by atoms with Gasteiger partial charge in [0.15, 0.2) is 0 Å². The lowest BCUT2D eigenvalue weighted by atomic mass is 10.00. The van der Waals surface area contributed by atoms with Crippen molar-refractivity contribution in [2.24, 2.45) is 0 Å². The summed E-state index contributed by atoms with van der Waals surface area (Å²) in [6, 6.07) is 23.7. The third-order valence-corrected chi connectivity index (χ3v) is 5.32. The molecule has 1 aromatic heterocycles. The number of pyridine rings is 1. The summed E-state index contributed by atoms with van der Waals surface area (Å²) in [5, 5.41) is 3.04. The Morgan fingerprint density at radius 3 is 2.39 bits per heavy atom. The molecule has 1 heterocycles. The first-order valence-corrected chi connectivity index (χ1v) is 10.5. The van der Waals surface area contributed by atoms with Gasteiger partial charge >= 0.3 is 0 Å². The normalized spacial score (nSPS) is 11.8. The Labute approximate surface area is 163 Å². The number of hydrogen-bond acceptors (Lipinski definition) is 5. The minimum absolute atomic E-state index is 0.163. The minimum Gasteiger partial charge on any atom is -0.748 e. The summed E-state index contributed by atoms with van der Waals surface area (Å²) in [4.78, 5) is 4.86. The fourth-order valence-electron chi connectivity index (χ4n) is 3.26. The number of aromatic nitrogens is 1. The van der Waals surface area contributed by atoms with Gasteiger partial charge in [-0.05, 0) is 36.1 Å². The summed E-state index contributed by atoms with van der Waals surface area (Å²) in [5.41, 5.74) is 2.83. The number of nitrogens with zero attached hydrogens (tertiary/aromatic N) is 1. The SMILES string of the molecule is O=S(=O)([O-])CCCOc1ccc2c(-c3ccccc3)nc3ccccc3c2c1. The second-order valence-electron chi connectivity index (χ2n) is 6.51. The lowest BCUT2D eigenvalue weighted by molar-refractivity contribution is 0.316. The van der Waals surface area contributed by atoms with Crippen molar-refractivity contribution in [2.75, 3.05) is 12.4 Å². The zero-order chi connectivity index (χ0) is 19.6. The summed E-state index contributed by atoms with van der Waals surface area (Å²) in [7, 11) is -4.22. The fraction of sp³-hybridized carbons (Fsp3) is 0.136. The van der Waals surface area contributed by atoms with Crippen LogP contribution < -0.4 is 4.74 Å². The van der Waals surface area contributed by atoms with Crippen LogP contribution in [0.2, 0.25) is 0 Å². The summed E-state index contributed by atoms with van der Waals surface area (Å²) in [6.45, 7) is 0.168. The van der Waals surface area contributed by atoms with Gasteiger partial charge in [0, 0.05) is 22.1 Å². The van der Waals surface area contributed by atoms with E-state index in [4.69, 9.17) is 9.72 Å². The Hall–Kier alpha value is -2.96. The van der Waals surface area contributed by atoms with Crippen LogP contribution >= 0.6 is 0 Å². The second kappa shape index (κ2) is 7.58. The van der Waals surface area contributed by atoms with Crippen LogP contribution in [0, 0.1) is 0 Å². The molecule has 142 valence electrons. The molecule has 0 amide bonds. The molecule has 6 heteroatoms. The summed E-state index contributed by atoms with van der Waals surface area (Å²) >= 11 is 0. The highest BCUT2D eigenvalue weighted by atomic mass is 32.2. The summed E-state index contributed by atoms with van der Waals surface area (Å²) in [5.74, 6) is 0.206. The predicted octanol–water partition coefficient (Wildman–Crippen LogP) is 4.37. The summed E-state index contributed by atoms with van der Waals surface area (Å²) < 4.78 is 37.8. The van der Waals surface area contributed by atoms with Gasteiger partial charge in [-0.15, -0.1) is 0 Å². The molecular weight excluding hydrogens is 374 g/mol. The average Bonchev–Trinajstić information content (AvgIpc) is 2.70. The van der Waals surface area contributed by atoms with E-state index in [9.17, 15) is 13.0 Å². The van der Waals surface area contributed by atoms with Gasteiger partial charge in [-0.3, -0.25) is 0 Å². The van der Waals surface area contributed by atoms with E-state index >= 15 is 0 Å². The van der Waals surface area contributed by atoms with Crippen LogP contribution in [0.25, 0.3) is 32.9 Å². The van der Waals surface area contributed by atoms with Gasteiger partial charge in [0.25, 0.3) is 0 Å². The first kappa shape index (κ1) is 18.4. The molecule has 0 radical (unpaired) electrons. The lowest BCUT2D eigenvalue weighted by Crippen LogP contribution is -2.08. The quantitative estimate of drug-likeness (QED) is 0.277. The molecule has 28 heavy (non-hydrogen) atoms. The fourth-order valence-corrected chi connectivity index (χ4v) is 3.74. The zero-order valence-corrected chi connectivity index (χ0v) is 15.9. The number of hydrogen-bond donors (Lipinski definition) is 0. The molecule has 3 aromatic carbocycles. The number of rotatable bonds is 6. The first-order chi connectivity index (χ1) is 13.5. The van der Waals surface area contributed by atoms with Crippen LogP contribution in [0.1, 0.15) is 6.42 Å². The molecular formula is C22H18NO4S-. The Bertz CT molecular complexity index is 1240. The van der Waals surface area contributed by atoms with Gasteiger partial charge in [0.1, 0.15) is 5.75 Å². The lowest BCUT2D eigenvalue weighted by Gasteiger charge is -2.13. The highest BCUT2D eigenvalue weighted by Gasteiger charge is 2.11. The monoisotopic (exact) mass is 392 g/mol. The highest BCUT2D eigenvalue weighted by molar-refractivity contribution is 7.85. The van der Waals surface area contributed by atoms with Gasteiger partial charge in [0.2, 0.25) is 0 Å². The number of fused-ring (bicyclic) bond motifs is 3. The molecule has 0 unspecified atom stereocenters. The van der Waals surface area contributed by atoms with Crippen molar-refractivity contribution in [1.29, 1.82) is 0 Å². The van der Waals surface area contributed by atoms with Crippen LogP contribution in [0.4, 0.5) is 0 Å². The molecule has 0 aliphatic heterocycles. The van der Waals surface area contributed by atoms with Crippen LogP contribution in [0.3, 0.4) is 0 Å². The standard InChI is InChI=1S/C22H19NO4S/c24-28(25,26)14-6-13-27-17-11-12-19-20(15-17)18-9-4-5-10-21(18)23-22(19)16-7-2-1-3-8-16/h1-5,7-12,15H,6,13-14H2,(H,24,25,26)/p-1. The Kier molecular flexibility index (Phi) is 4.98. The zero-order valence-electron chi connectivity index (χ0n) is 15.0. The predicted molar refractivity (Wildman–Crippen MR) is 109 cm³/mol. The summed E-state index contributed by atoms with van der Waals surface area (Å²) in [6.07, 6.45) is 0.163. The van der Waals surface area contributed by atoms with E-state index in [0.29, 0.717) is 5.75 Å². The largest absolute Gasteiger partial charge is 0.748 e. The van der Waals surface area contributed by atoms with Gasteiger partial charge in [-0.25, -0.2) is 13.4 Å². The molecule has 4 aromatic rings. The van der Waals surface area contributed by atoms with E-state index in [-0.39, 0.29) is 13.0 Å². The van der Waals surface area contributed by atoms with E-state index in [1.165, 1.54) is 0 Å². The Morgan fingerprint density at radius 2 is 1.61 bits per heavy atom. The maximum Gasteiger partial charge on any atom is 0.119 e. The maximum atomic E-state index is 10.7. The molecule has 0 atom stereocenters. The van der Waals surface area contributed by atoms with Crippen molar-refractivity contribution < 1.29 is 17.7 Å². The van der Waals surface area contributed by atoms with E-state index in [0.717, 1.165) is 32.9 Å². The molecule has 4 rings (SSSR count). The third-order valence-electron chi connectivity index (χ3n) is 4.53. The van der Waals surface area contributed by atoms with E-state index in [1.54, 1.807) is 0 Å². The van der Waals surface area contributed by atoms with Gasteiger partial charge in [0.05, 0.1) is 27.9 Å². The molecule has 0 spiro atoms. The molecule has 5 nitrogen and oxygen atoms in total. The molecule has 0 aliphatic rings. The molecule has 0 fully saturated rings. The second-order valence-corrected chi connectivity index (χ2v) is 8.04. The van der Waals surface area contributed by atoms with Gasteiger partial charge in [-0.2, -0.15) is 0 Å². The van der Waals surface area contributed by atoms with Crippen molar-refractivity contribution in [3.63, 3.8) is 0 Å². The van der Waals surface area contributed by atoms with Crippen molar-refractivity contribution in [3.05, 3.63) is 72.8 Å². The Balaban J connectivity index is 1.76. The smallest absolute Gasteiger partial charge is 0.119 e. The van der Waals surface area contributed by atoms with Crippen LogP contribution in [-0.2, 0) is 10.1 Å². The topological polar surface area (TPSA) is 79.3 Å². The molecule has 0 saturated heterocycles. The van der Waals surface area contributed by atoms with E-state index in [2.05, 4.69) is 0 Å². The minimum atomic E-state index is -4.22. The van der Waals surface area contributed by atoms with Crippen molar-refractivity contribution >= 4 is 31.8 Å². The maximum absolute atomic E-state index is 10.7. The van der Waals surface area contributed by atoms with Gasteiger partial charge in [-0.1, -0.05) is 48.5 Å². The van der Waals surface area contributed by atoms with Crippen LogP contribution in [0.15, 0.2) is 72.8 Å².